The maximum atomic E-state index is 12.7. The number of aromatic nitrogens is 5. The number of pyridine rings is 1. The quantitative estimate of drug-likeness (QED) is 0.620. The van der Waals surface area contributed by atoms with Crippen LogP contribution in [0.4, 0.5) is 11.6 Å². The zero-order chi connectivity index (χ0) is 21.6. The summed E-state index contributed by atoms with van der Waals surface area (Å²) in [6, 6.07) is 9.68. The fraction of sp³-hybridized carbons (Fsp3) is 0.348. The van der Waals surface area contributed by atoms with Gasteiger partial charge in [-0.25, -0.2) is 15.0 Å². The van der Waals surface area contributed by atoms with Crippen LogP contribution in [0.3, 0.4) is 0 Å². The lowest BCUT2D eigenvalue weighted by Gasteiger charge is -2.32. The average Bonchev–Trinajstić information content (AvgIpc) is 3.17. The molecule has 160 valence electrons. The number of anilines is 2. The molecule has 4 heterocycles. The van der Waals surface area contributed by atoms with Gasteiger partial charge in [-0.15, -0.1) is 0 Å². The number of amides is 1. The van der Waals surface area contributed by atoms with Crippen LogP contribution in [-0.4, -0.2) is 48.6 Å². The van der Waals surface area contributed by atoms with E-state index in [1.54, 1.807) is 23.3 Å². The molecule has 1 N–H and O–H groups in total. The van der Waals surface area contributed by atoms with Crippen molar-refractivity contribution >= 4 is 23.6 Å². The zero-order valence-electron chi connectivity index (χ0n) is 17.9. The predicted octanol–water partition coefficient (Wildman–Crippen LogP) is 3.15. The van der Waals surface area contributed by atoms with Crippen LogP contribution in [0.2, 0.25) is 0 Å². The number of hydrogen-bond donors (Lipinski definition) is 1. The number of nitrogens with zero attached hydrogens (tertiary/aromatic N) is 6. The summed E-state index contributed by atoms with van der Waals surface area (Å²) in [4.78, 5) is 27.8. The first-order valence-corrected chi connectivity index (χ1v) is 10.5. The molecule has 0 saturated carbocycles. The number of nitrogens with one attached hydrogen (secondary N) is 1. The molecule has 1 aliphatic rings. The molecular formula is C23H27N7O. The lowest BCUT2D eigenvalue weighted by Crippen LogP contribution is -2.39. The first kappa shape index (κ1) is 20.7. The molecule has 0 spiro atoms. The summed E-state index contributed by atoms with van der Waals surface area (Å²) < 4.78 is 1.75. The molecule has 0 aromatic carbocycles. The number of aryl methyl sites for hydroxylation is 2. The molecule has 3 aromatic heterocycles. The number of likely N-dealkylation sites (tertiary alicyclic amines) is 1. The van der Waals surface area contributed by atoms with Crippen molar-refractivity contribution in [2.75, 3.05) is 18.4 Å². The van der Waals surface area contributed by atoms with Crippen molar-refractivity contribution < 1.29 is 4.79 Å². The smallest absolute Gasteiger partial charge is 0.246 e. The molecule has 0 unspecified atom stereocenters. The standard InChI is InChI=1S/C23H27N7O/c1-17-5-3-7-21(27-17)28-22-14-19(24-16-25-22)13-18-6-4-12-30(15-18)23(31)9-8-20-10-11-26-29(20)2/h3,5,7-11,14,16,18H,4,6,12-13,15H2,1-2H3,(H,24,25,27,28)/b9-8+/t18-/m0/s1. The van der Waals surface area contributed by atoms with Gasteiger partial charge < -0.3 is 10.2 Å². The Morgan fingerprint density at radius 2 is 2.16 bits per heavy atom. The van der Waals surface area contributed by atoms with Crippen LogP contribution in [0.1, 0.15) is 29.9 Å². The minimum Gasteiger partial charge on any atom is -0.339 e. The molecule has 8 heteroatoms. The normalized spacial score (nSPS) is 16.6. The SMILES string of the molecule is Cc1cccc(Nc2cc(C[C@@H]3CCCN(C(=O)/C=C/c4ccnn4C)C3)ncn2)n1. The van der Waals surface area contributed by atoms with Gasteiger partial charge in [0.25, 0.3) is 0 Å². The van der Waals surface area contributed by atoms with Gasteiger partial charge in [0.2, 0.25) is 5.91 Å². The summed E-state index contributed by atoms with van der Waals surface area (Å²) >= 11 is 0. The fourth-order valence-electron chi connectivity index (χ4n) is 3.86. The Hall–Kier alpha value is -3.55. The molecule has 1 saturated heterocycles. The molecule has 0 bridgehead atoms. The Balaban J connectivity index is 1.36. The highest BCUT2D eigenvalue weighted by molar-refractivity contribution is 5.91. The van der Waals surface area contributed by atoms with E-state index in [1.165, 1.54) is 0 Å². The summed E-state index contributed by atoms with van der Waals surface area (Å²) in [5.74, 6) is 1.91. The maximum absolute atomic E-state index is 12.7. The van der Waals surface area contributed by atoms with Gasteiger partial charge in [0.15, 0.2) is 0 Å². The topological polar surface area (TPSA) is 88.8 Å². The third-order valence-electron chi connectivity index (χ3n) is 5.45. The molecule has 1 atom stereocenters. The van der Waals surface area contributed by atoms with Gasteiger partial charge in [-0.1, -0.05) is 6.07 Å². The summed E-state index contributed by atoms with van der Waals surface area (Å²) in [6.45, 7) is 3.49. The van der Waals surface area contributed by atoms with Gasteiger partial charge in [-0.3, -0.25) is 9.48 Å². The molecule has 1 amide bonds. The Morgan fingerprint density at radius 1 is 1.26 bits per heavy atom. The van der Waals surface area contributed by atoms with Crippen molar-refractivity contribution in [1.82, 2.24) is 29.6 Å². The van der Waals surface area contributed by atoms with Gasteiger partial charge >= 0.3 is 0 Å². The van der Waals surface area contributed by atoms with E-state index >= 15 is 0 Å². The van der Waals surface area contributed by atoms with Crippen molar-refractivity contribution in [3.8, 4) is 0 Å². The number of carbonyl (C=O) groups excluding carboxylic acids is 1. The van der Waals surface area contributed by atoms with Crippen molar-refractivity contribution in [1.29, 1.82) is 0 Å². The van der Waals surface area contributed by atoms with Gasteiger partial charge in [0, 0.05) is 49.9 Å². The van der Waals surface area contributed by atoms with E-state index in [-0.39, 0.29) is 5.91 Å². The molecule has 1 aliphatic heterocycles. The molecule has 31 heavy (non-hydrogen) atoms. The Labute approximate surface area is 182 Å². The van der Waals surface area contributed by atoms with E-state index in [9.17, 15) is 4.79 Å². The summed E-state index contributed by atoms with van der Waals surface area (Å²) in [6.07, 6.45) is 9.66. The average molecular weight is 418 g/mol. The summed E-state index contributed by atoms with van der Waals surface area (Å²) in [5.41, 5.74) is 2.82. The van der Waals surface area contributed by atoms with Gasteiger partial charge in [-0.2, -0.15) is 5.10 Å². The number of rotatable bonds is 6. The monoisotopic (exact) mass is 417 g/mol. The second-order valence-corrected chi connectivity index (χ2v) is 7.89. The first-order valence-electron chi connectivity index (χ1n) is 10.5. The molecular weight excluding hydrogens is 390 g/mol. The van der Waals surface area contributed by atoms with Crippen molar-refractivity contribution in [2.24, 2.45) is 13.0 Å². The molecule has 3 aromatic rings. The summed E-state index contributed by atoms with van der Waals surface area (Å²) in [7, 11) is 1.86. The van der Waals surface area contributed by atoms with Crippen molar-refractivity contribution in [3.63, 3.8) is 0 Å². The first-order chi connectivity index (χ1) is 15.1. The third kappa shape index (κ3) is 5.53. The highest BCUT2D eigenvalue weighted by atomic mass is 16.2. The van der Waals surface area contributed by atoms with Gasteiger partial charge in [0.1, 0.15) is 18.0 Å². The number of hydrogen-bond acceptors (Lipinski definition) is 6. The third-order valence-corrected chi connectivity index (χ3v) is 5.45. The van der Waals surface area contributed by atoms with E-state index in [0.717, 1.165) is 61.1 Å². The second kappa shape index (κ2) is 9.51. The molecule has 1 fully saturated rings. The highest BCUT2D eigenvalue weighted by Crippen LogP contribution is 2.22. The van der Waals surface area contributed by atoms with Crippen LogP contribution >= 0.6 is 0 Å². The fourth-order valence-corrected chi connectivity index (χ4v) is 3.86. The van der Waals surface area contributed by atoms with Crippen LogP contribution in [-0.2, 0) is 18.3 Å². The van der Waals surface area contributed by atoms with Crippen LogP contribution in [0.15, 0.2) is 48.9 Å². The molecule has 0 radical (unpaired) electrons. The highest BCUT2D eigenvalue weighted by Gasteiger charge is 2.23. The van der Waals surface area contributed by atoms with E-state index in [4.69, 9.17) is 0 Å². The van der Waals surface area contributed by atoms with E-state index in [2.05, 4.69) is 25.4 Å². The van der Waals surface area contributed by atoms with Crippen molar-refractivity contribution in [3.05, 3.63) is 66.0 Å². The van der Waals surface area contributed by atoms with Crippen LogP contribution in [0.25, 0.3) is 6.08 Å². The Kier molecular flexibility index (Phi) is 6.35. The van der Waals surface area contributed by atoms with Crippen LogP contribution < -0.4 is 5.32 Å². The van der Waals surface area contributed by atoms with E-state index in [0.29, 0.717) is 5.92 Å². The Bertz CT molecular complexity index is 1080. The van der Waals surface area contributed by atoms with Gasteiger partial charge in [-0.05, 0) is 56.4 Å². The Morgan fingerprint density at radius 3 is 2.97 bits per heavy atom. The molecule has 0 aliphatic carbocycles. The largest absolute Gasteiger partial charge is 0.339 e. The second-order valence-electron chi connectivity index (χ2n) is 7.89. The number of carbonyl (C=O) groups is 1. The predicted molar refractivity (Wildman–Crippen MR) is 120 cm³/mol. The van der Waals surface area contributed by atoms with Crippen molar-refractivity contribution in [2.45, 2.75) is 26.2 Å². The summed E-state index contributed by atoms with van der Waals surface area (Å²) in [5, 5.41) is 7.36. The lowest BCUT2D eigenvalue weighted by atomic mass is 9.93. The van der Waals surface area contributed by atoms with E-state index in [1.807, 2.05) is 55.3 Å². The van der Waals surface area contributed by atoms with E-state index < -0.39 is 0 Å². The van der Waals surface area contributed by atoms with Gasteiger partial charge in [0.05, 0.1) is 5.69 Å². The zero-order valence-corrected chi connectivity index (χ0v) is 17.9. The van der Waals surface area contributed by atoms with Crippen LogP contribution in [0.5, 0.6) is 0 Å². The molecule has 4 rings (SSSR count). The maximum Gasteiger partial charge on any atom is 0.246 e. The minimum atomic E-state index is 0.0430. The minimum absolute atomic E-state index is 0.0430. The number of piperidine rings is 1. The molecule has 8 nitrogen and oxygen atoms in total. The van der Waals surface area contributed by atoms with Crippen LogP contribution in [0, 0.1) is 12.8 Å². The lowest BCUT2D eigenvalue weighted by molar-refractivity contribution is -0.127.